The van der Waals surface area contributed by atoms with Gasteiger partial charge < -0.3 is 5.43 Å². The van der Waals surface area contributed by atoms with Crippen LogP contribution in [0.1, 0.15) is 25.0 Å². The minimum absolute atomic E-state index is 0.458. The Morgan fingerprint density at radius 2 is 2.07 bits per heavy atom. The van der Waals surface area contributed by atoms with Gasteiger partial charge in [0.2, 0.25) is 0 Å². The van der Waals surface area contributed by atoms with Crippen molar-refractivity contribution in [2.45, 2.75) is 19.3 Å². The van der Waals surface area contributed by atoms with Crippen LogP contribution in [0.15, 0.2) is 18.3 Å². The van der Waals surface area contributed by atoms with Crippen molar-refractivity contribution in [3.63, 3.8) is 0 Å². The van der Waals surface area contributed by atoms with E-state index in [2.05, 4.69) is 15.4 Å². The number of aromatic nitrogens is 1. The van der Waals surface area contributed by atoms with Crippen molar-refractivity contribution in [2.75, 3.05) is 18.5 Å². The Morgan fingerprint density at radius 3 is 2.67 bits per heavy atom. The first-order valence-corrected chi connectivity index (χ1v) is 5.26. The molecule has 1 aliphatic heterocycles. The van der Waals surface area contributed by atoms with E-state index in [1.54, 1.807) is 12.3 Å². The summed E-state index contributed by atoms with van der Waals surface area (Å²) in [4.78, 5) is 4.01. The van der Waals surface area contributed by atoms with Crippen LogP contribution in [0.5, 0.6) is 0 Å². The van der Waals surface area contributed by atoms with Gasteiger partial charge in [-0.1, -0.05) is 6.42 Å². The van der Waals surface area contributed by atoms with Gasteiger partial charge in [0, 0.05) is 13.1 Å². The van der Waals surface area contributed by atoms with Crippen LogP contribution in [0.4, 0.5) is 5.69 Å². The van der Waals surface area contributed by atoms with E-state index in [1.807, 2.05) is 12.1 Å². The van der Waals surface area contributed by atoms with E-state index in [0.717, 1.165) is 18.8 Å². The molecule has 1 fully saturated rings. The van der Waals surface area contributed by atoms with Crippen LogP contribution in [0.2, 0.25) is 0 Å². The molecule has 4 nitrogen and oxygen atoms in total. The number of hydrazine groups is 1. The fraction of sp³-hybridized carbons (Fsp3) is 0.455. The van der Waals surface area contributed by atoms with Crippen LogP contribution in [0.3, 0.4) is 0 Å². The van der Waals surface area contributed by atoms with Crippen molar-refractivity contribution in [1.82, 2.24) is 9.99 Å². The number of nitrogens with zero attached hydrogens (tertiary/aromatic N) is 3. The molecule has 0 radical (unpaired) electrons. The van der Waals surface area contributed by atoms with E-state index in [-0.39, 0.29) is 0 Å². The summed E-state index contributed by atoms with van der Waals surface area (Å²) < 4.78 is 0. The number of hydrogen-bond donors (Lipinski definition) is 1. The maximum atomic E-state index is 8.61. The van der Waals surface area contributed by atoms with Gasteiger partial charge in [-0.2, -0.15) is 5.26 Å². The first kappa shape index (κ1) is 9.94. The molecule has 0 aromatic carbocycles. The number of rotatable bonds is 2. The molecule has 0 spiro atoms. The summed E-state index contributed by atoms with van der Waals surface area (Å²) >= 11 is 0. The Kier molecular flexibility index (Phi) is 3.15. The summed E-state index contributed by atoms with van der Waals surface area (Å²) in [5.41, 5.74) is 4.71. The molecule has 0 unspecified atom stereocenters. The Morgan fingerprint density at radius 1 is 1.27 bits per heavy atom. The first-order chi connectivity index (χ1) is 7.38. The summed E-state index contributed by atoms with van der Waals surface area (Å²) in [6.07, 6.45) is 5.52. The third-order valence-corrected chi connectivity index (χ3v) is 2.52. The van der Waals surface area contributed by atoms with E-state index in [9.17, 15) is 0 Å². The normalized spacial score (nSPS) is 17.0. The number of hydrogen-bond acceptors (Lipinski definition) is 4. The minimum atomic E-state index is 0.458. The molecule has 1 saturated heterocycles. The fourth-order valence-corrected chi connectivity index (χ4v) is 1.71. The molecule has 0 aliphatic carbocycles. The maximum absolute atomic E-state index is 8.61. The molecule has 0 saturated carbocycles. The zero-order valence-electron chi connectivity index (χ0n) is 8.61. The van der Waals surface area contributed by atoms with Gasteiger partial charge in [-0.15, -0.1) is 0 Å². The zero-order chi connectivity index (χ0) is 10.5. The number of piperidine rings is 1. The first-order valence-electron chi connectivity index (χ1n) is 5.26. The maximum Gasteiger partial charge on any atom is 0.140 e. The van der Waals surface area contributed by atoms with Gasteiger partial charge in [0.1, 0.15) is 11.8 Å². The van der Waals surface area contributed by atoms with E-state index < -0.39 is 0 Å². The van der Waals surface area contributed by atoms with Crippen molar-refractivity contribution in [3.8, 4) is 6.07 Å². The molecule has 2 rings (SSSR count). The highest BCUT2D eigenvalue weighted by Gasteiger charge is 2.09. The van der Waals surface area contributed by atoms with Gasteiger partial charge in [0.05, 0.1) is 11.9 Å². The number of nitrogens with one attached hydrogen (secondary N) is 1. The molecule has 4 heteroatoms. The highest BCUT2D eigenvalue weighted by Crippen LogP contribution is 2.12. The number of pyridine rings is 1. The molecule has 0 bridgehead atoms. The van der Waals surface area contributed by atoms with Crippen molar-refractivity contribution >= 4 is 5.69 Å². The van der Waals surface area contributed by atoms with Crippen molar-refractivity contribution in [1.29, 1.82) is 5.26 Å². The third kappa shape index (κ3) is 2.67. The number of nitriles is 1. The summed E-state index contributed by atoms with van der Waals surface area (Å²) in [6, 6.07) is 5.62. The van der Waals surface area contributed by atoms with Crippen LogP contribution >= 0.6 is 0 Å². The van der Waals surface area contributed by atoms with Gasteiger partial charge in [-0.05, 0) is 25.0 Å². The van der Waals surface area contributed by atoms with Crippen LogP contribution < -0.4 is 5.43 Å². The lowest BCUT2D eigenvalue weighted by molar-refractivity contribution is 0.273. The summed E-state index contributed by atoms with van der Waals surface area (Å²) in [6.45, 7) is 2.17. The molecule has 0 atom stereocenters. The summed E-state index contributed by atoms with van der Waals surface area (Å²) in [5.74, 6) is 0. The second kappa shape index (κ2) is 4.76. The predicted octanol–water partition coefficient (Wildman–Crippen LogP) is 1.77. The highest BCUT2D eigenvalue weighted by molar-refractivity contribution is 5.41. The molecule has 2 heterocycles. The summed E-state index contributed by atoms with van der Waals surface area (Å²) in [7, 11) is 0. The topological polar surface area (TPSA) is 52.0 Å². The lowest BCUT2D eigenvalue weighted by Gasteiger charge is -2.27. The average Bonchev–Trinajstić information content (AvgIpc) is 2.31. The van der Waals surface area contributed by atoms with Gasteiger partial charge in [0.25, 0.3) is 0 Å². The zero-order valence-corrected chi connectivity index (χ0v) is 8.61. The molecule has 0 amide bonds. The van der Waals surface area contributed by atoms with E-state index in [4.69, 9.17) is 5.26 Å². The van der Waals surface area contributed by atoms with E-state index >= 15 is 0 Å². The summed E-state index contributed by atoms with van der Waals surface area (Å²) in [5, 5.41) is 10.8. The largest absolute Gasteiger partial charge is 0.317 e. The van der Waals surface area contributed by atoms with Crippen molar-refractivity contribution in [3.05, 3.63) is 24.0 Å². The quantitative estimate of drug-likeness (QED) is 0.794. The Balaban J connectivity index is 1.95. The Bertz CT molecular complexity index is 346. The average molecular weight is 202 g/mol. The van der Waals surface area contributed by atoms with Crippen LogP contribution in [-0.4, -0.2) is 23.1 Å². The molecule has 78 valence electrons. The lowest BCUT2D eigenvalue weighted by atomic mass is 10.2. The van der Waals surface area contributed by atoms with Gasteiger partial charge >= 0.3 is 0 Å². The molecule has 1 N–H and O–H groups in total. The van der Waals surface area contributed by atoms with Gasteiger partial charge in [0.15, 0.2) is 0 Å². The molecular formula is C11H14N4. The highest BCUT2D eigenvalue weighted by atomic mass is 15.5. The van der Waals surface area contributed by atoms with Crippen LogP contribution in [0.25, 0.3) is 0 Å². The monoisotopic (exact) mass is 202 g/mol. The van der Waals surface area contributed by atoms with E-state index in [1.165, 1.54) is 19.3 Å². The molecule has 1 aromatic heterocycles. The second-order valence-corrected chi connectivity index (χ2v) is 3.70. The SMILES string of the molecule is N#Cc1ccc(NN2CCCCC2)cn1. The van der Waals surface area contributed by atoms with Crippen LogP contribution in [0, 0.1) is 11.3 Å². The second-order valence-electron chi connectivity index (χ2n) is 3.70. The Hall–Kier alpha value is -1.60. The number of anilines is 1. The molecular weight excluding hydrogens is 188 g/mol. The minimum Gasteiger partial charge on any atom is -0.317 e. The van der Waals surface area contributed by atoms with Gasteiger partial charge in [-0.25, -0.2) is 9.99 Å². The van der Waals surface area contributed by atoms with Crippen LogP contribution in [-0.2, 0) is 0 Å². The smallest absolute Gasteiger partial charge is 0.140 e. The van der Waals surface area contributed by atoms with Crippen molar-refractivity contribution in [2.24, 2.45) is 0 Å². The Labute approximate surface area is 89.5 Å². The molecule has 1 aliphatic rings. The standard InChI is InChI=1S/C11H14N4/c12-8-10-4-5-11(9-13-10)14-15-6-2-1-3-7-15/h4-5,9,14H,1-3,6-7H2. The lowest BCUT2D eigenvalue weighted by Crippen LogP contribution is -2.34. The van der Waals surface area contributed by atoms with Crippen molar-refractivity contribution < 1.29 is 0 Å². The molecule has 1 aromatic rings. The van der Waals surface area contributed by atoms with Gasteiger partial charge in [-0.3, -0.25) is 0 Å². The predicted molar refractivity (Wildman–Crippen MR) is 58.0 cm³/mol. The molecule has 15 heavy (non-hydrogen) atoms. The third-order valence-electron chi connectivity index (χ3n) is 2.52. The van der Waals surface area contributed by atoms with E-state index in [0.29, 0.717) is 5.69 Å². The fourth-order valence-electron chi connectivity index (χ4n) is 1.71.